The van der Waals surface area contributed by atoms with Gasteiger partial charge < -0.3 is 10.2 Å². The molecule has 0 aromatic heterocycles. The Morgan fingerprint density at radius 1 is 0.676 bits per heavy atom. The van der Waals surface area contributed by atoms with Crippen LogP contribution in [0.1, 0.15) is 74.3 Å². The van der Waals surface area contributed by atoms with Gasteiger partial charge in [-0.2, -0.15) is 0 Å². The molecule has 0 amide bonds. The lowest BCUT2D eigenvalue weighted by molar-refractivity contribution is -0.0625. The average Bonchev–Trinajstić information content (AvgIpc) is 3.44. The molecular weight excluding hydrogens is 414 g/mol. The molecule has 2 aromatic rings. The first-order chi connectivity index (χ1) is 16.8. The van der Waals surface area contributed by atoms with Gasteiger partial charge in [0.25, 0.3) is 0 Å². The molecule has 2 saturated heterocycles. The van der Waals surface area contributed by atoms with Crippen LogP contribution in [0.25, 0.3) is 0 Å². The smallest absolute Gasteiger partial charge is 0.0236 e. The average molecular weight is 458 g/mol. The van der Waals surface area contributed by atoms with Crippen molar-refractivity contribution >= 4 is 0 Å². The van der Waals surface area contributed by atoms with Gasteiger partial charge in [-0.1, -0.05) is 67.1 Å². The highest BCUT2D eigenvalue weighted by atomic mass is 15.2. The molecule has 0 radical (unpaired) electrons. The first-order valence-electron chi connectivity index (χ1n) is 14.1. The summed E-state index contributed by atoms with van der Waals surface area (Å²) in [7, 11) is 0. The summed E-state index contributed by atoms with van der Waals surface area (Å²) in [5.74, 6) is 1.95. The molecule has 182 valence electrons. The molecule has 2 aromatic carbocycles. The number of nitrogens with zero attached hydrogens (tertiary/aromatic N) is 2. The van der Waals surface area contributed by atoms with Crippen molar-refractivity contribution in [1.82, 2.24) is 15.1 Å². The fraction of sp³-hybridized carbons (Fsp3) is 0.613. The third kappa shape index (κ3) is 4.47. The summed E-state index contributed by atoms with van der Waals surface area (Å²) >= 11 is 0. The standard InChI is InChI=1S/C31H43N3/c1-4-12-25(13-5-1)27-22-31(34-19-8-3-9-20-34)23-28(26-14-6-2-7-15-26)30(27)29(24-31)32-16-21-33-17-10-11-18-33/h1-2,4-7,12-15,27-30,32H,3,8-11,16-24H2. The Hall–Kier alpha value is -1.68. The lowest BCUT2D eigenvalue weighted by atomic mass is 9.51. The molecule has 2 heterocycles. The number of hydrogen-bond acceptors (Lipinski definition) is 3. The van der Waals surface area contributed by atoms with Gasteiger partial charge in [0, 0.05) is 24.7 Å². The largest absolute Gasteiger partial charge is 0.312 e. The summed E-state index contributed by atoms with van der Waals surface area (Å²) in [4.78, 5) is 5.62. The van der Waals surface area contributed by atoms with Crippen molar-refractivity contribution < 1.29 is 0 Å². The second-order valence-electron chi connectivity index (χ2n) is 11.6. The summed E-state index contributed by atoms with van der Waals surface area (Å²) in [6, 6.07) is 23.7. The summed E-state index contributed by atoms with van der Waals surface area (Å²) in [6.07, 6.45) is 11.0. The summed E-state index contributed by atoms with van der Waals surface area (Å²) < 4.78 is 0. The van der Waals surface area contributed by atoms with E-state index in [0.717, 1.165) is 6.54 Å². The van der Waals surface area contributed by atoms with Crippen LogP contribution in [0.15, 0.2) is 60.7 Å². The summed E-state index contributed by atoms with van der Waals surface area (Å²) in [6.45, 7) is 7.55. The first kappa shape index (κ1) is 22.8. The van der Waals surface area contributed by atoms with Gasteiger partial charge >= 0.3 is 0 Å². The zero-order valence-electron chi connectivity index (χ0n) is 20.9. The molecular formula is C31H43N3. The van der Waals surface area contributed by atoms with Gasteiger partial charge in [0.15, 0.2) is 0 Å². The van der Waals surface area contributed by atoms with Gasteiger partial charge in [-0.3, -0.25) is 4.90 Å². The lowest BCUT2D eigenvalue weighted by Gasteiger charge is -2.63. The molecule has 5 aliphatic rings. The van der Waals surface area contributed by atoms with Gasteiger partial charge in [0.2, 0.25) is 0 Å². The van der Waals surface area contributed by atoms with Crippen LogP contribution in [0.4, 0.5) is 0 Å². The van der Waals surface area contributed by atoms with E-state index in [1.54, 1.807) is 11.1 Å². The zero-order valence-corrected chi connectivity index (χ0v) is 20.9. The Bertz CT molecular complexity index is 851. The highest BCUT2D eigenvalue weighted by Gasteiger charge is 2.57. The third-order valence-electron chi connectivity index (χ3n) is 9.71. The molecule has 0 spiro atoms. The van der Waals surface area contributed by atoms with Crippen molar-refractivity contribution in [3.05, 3.63) is 71.8 Å². The minimum absolute atomic E-state index is 0.335. The monoisotopic (exact) mass is 457 g/mol. The van der Waals surface area contributed by atoms with Crippen LogP contribution in [0.2, 0.25) is 0 Å². The van der Waals surface area contributed by atoms with Crippen molar-refractivity contribution in [1.29, 1.82) is 0 Å². The number of nitrogens with one attached hydrogen (secondary N) is 1. The van der Waals surface area contributed by atoms with Crippen LogP contribution >= 0.6 is 0 Å². The van der Waals surface area contributed by atoms with Gasteiger partial charge in [-0.25, -0.2) is 0 Å². The summed E-state index contributed by atoms with van der Waals surface area (Å²) in [5, 5.41) is 4.17. The van der Waals surface area contributed by atoms with Crippen LogP contribution in [0.5, 0.6) is 0 Å². The number of hydrogen-bond donors (Lipinski definition) is 1. The zero-order chi connectivity index (χ0) is 22.8. The molecule has 1 N–H and O–H groups in total. The van der Waals surface area contributed by atoms with E-state index in [-0.39, 0.29) is 0 Å². The Morgan fingerprint density at radius 2 is 1.24 bits per heavy atom. The number of fused-ring (bicyclic) bond motifs is 3. The van der Waals surface area contributed by atoms with Crippen LogP contribution in [0, 0.1) is 5.92 Å². The number of piperidine rings is 1. The van der Waals surface area contributed by atoms with E-state index in [1.807, 2.05) is 0 Å². The second-order valence-corrected chi connectivity index (χ2v) is 11.6. The van der Waals surface area contributed by atoms with Gasteiger partial charge in [-0.05, 0) is 100 Å². The normalized spacial score (nSPS) is 34.5. The van der Waals surface area contributed by atoms with Gasteiger partial charge in [0.05, 0.1) is 0 Å². The minimum Gasteiger partial charge on any atom is -0.312 e. The molecule has 34 heavy (non-hydrogen) atoms. The molecule has 3 unspecified atom stereocenters. The molecule has 3 aliphatic carbocycles. The van der Waals surface area contributed by atoms with Crippen molar-refractivity contribution in [2.24, 2.45) is 5.92 Å². The predicted octanol–water partition coefficient (Wildman–Crippen LogP) is 5.65. The quantitative estimate of drug-likeness (QED) is 0.580. The SMILES string of the molecule is c1ccc(C2CC3(N4CCCCC4)CC(NCCN4CCCC4)C2C(c2ccccc2)C3)cc1. The van der Waals surface area contributed by atoms with E-state index in [2.05, 4.69) is 75.8 Å². The number of benzene rings is 2. The van der Waals surface area contributed by atoms with Crippen molar-refractivity contribution in [3.63, 3.8) is 0 Å². The molecule has 5 fully saturated rings. The first-order valence-corrected chi connectivity index (χ1v) is 14.1. The van der Waals surface area contributed by atoms with E-state index in [4.69, 9.17) is 0 Å². The molecule has 2 aliphatic heterocycles. The van der Waals surface area contributed by atoms with Crippen molar-refractivity contribution in [2.45, 2.75) is 74.8 Å². The van der Waals surface area contributed by atoms with Crippen molar-refractivity contribution in [2.75, 3.05) is 39.3 Å². The molecule has 3 nitrogen and oxygen atoms in total. The van der Waals surface area contributed by atoms with E-state index in [1.165, 1.54) is 84.1 Å². The number of rotatable bonds is 7. The van der Waals surface area contributed by atoms with Crippen LogP contribution in [0.3, 0.4) is 0 Å². The molecule has 3 saturated carbocycles. The van der Waals surface area contributed by atoms with Crippen LogP contribution in [-0.4, -0.2) is 60.6 Å². The fourth-order valence-electron chi connectivity index (χ4n) is 8.19. The maximum atomic E-state index is 4.17. The highest BCUT2D eigenvalue weighted by Crippen LogP contribution is 2.60. The van der Waals surface area contributed by atoms with E-state index in [0.29, 0.717) is 29.3 Å². The topological polar surface area (TPSA) is 18.5 Å². The second kappa shape index (κ2) is 10.1. The Morgan fingerprint density at radius 3 is 1.82 bits per heavy atom. The Labute approximate surface area is 206 Å². The van der Waals surface area contributed by atoms with E-state index >= 15 is 0 Å². The summed E-state index contributed by atoms with van der Waals surface area (Å²) in [5.41, 5.74) is 3.47. The Kier molecular flexibility index (Phi) is 6.78. The molecule has 2 bridgehead atoms. The minimum atomic E-state index is 0.335. The maximum absolute atomic E-state index is 4.17. The predicted molar refractivity (Wildman–Crippen MR) is 141 cm³/mol. The van der Waals surface area contributed by atoms with Crippen LogP contribution in [-0.2, 0) is 0 Å². The highest BCUT2D eigenvalue weighted by molar-refractivity contribution is 5.33. The third-order valence-corrected chi connectivity index (χ3v) is 9.71. The van der Waals surface area contributed by atoms with E-state index in [9.17, 15) is 0 Å². The molecule has 3 atom stereocenters. The van der Waals surface area contributed by atoms with Gasteiger partial charge in [-0.15, -0.1) is 0 Å². The fourth-order valence-corrected chi connectivity index (χ4v) is 8.19. The molecule has 3 heteroatoms. The van der Waals surface area contributed by atoms with Gasteiger partial charge in [0.1, 0.15) is 0 Å². The number of likely N-dealkylation sites (tertiary alicyclic amines) is 2. The van der Waals surface area contributed by atoms with E-state index < -0.39 is 0 Å². The van der Waals surface area contributed by atoms with Crippen LogP contribution < -0.4 is 5.32 Å². The Balaban J connectivity index is 1.34. The van der Waals surface area contributed by atoms with Crippen molar-refractivity contribution in [3.8, 4) is 0 Å². The lowest BCUT2D eigenvalue weighted by Crippen LogP contribution is -2.66. The maximum Gasteiger partial charge on any atom is 0.0236 e. The molecule has 7 rings (SSSR count).